The summed E-state index contributed by atoms with van der Waals surface area (Å²) < 4.78 is 245. The number of hydrogen-bond donors (Lipinski definition) is 3. The molecule has 0 aliphatic heterocycles. The zero-order valence-corrected chi connectivity index (χ0v) is 59.5. The lowest BCUT2D eigenvalue weighted by Crippen LogP contribution is -2.25. The summed E-state index contributed by atoms with van der Waals surface area (Å²) >= 11 is 0. The molecule has 7 rings (SSSR count). The van der Waals surface area contributed by atoms with Crippen LogP contribution >= 0.6 is 0 Å². The van der Waals surface area contributed by atoms with E-state index in [4.69, 9.17) is 4.74 Å². The van der Waals surface area contributed by atoms with Crippen LogP contribution in [0.25, 0.3) is 0 Å². The highest BCUT2D eigenvalue weighted by Crippen LogP contribution is 2.24. The van der Waals surface area contributed by atoms with Crippen LogP contribution in [-0.4, -0.2) is 215 Å². The van der Waals surface area contributed by atoms with Gasteiger partial charge in [-0.2, -0.15) is 103 Å². The van der Waals surface area contributed by atoms with E-state index in [1.54, 1.807) is 42.2 Å². The van der Waals surface area contributed by atoms with E-state index in [1.165, 1.54) is 69.3 Å². The van der Waals surface area contributed by atoms with E-state index in [-0.39, 0.29) is 94.6 Å². The van der Waals surface area contributed by atoms with Gasteiger partial charge in [-0.15, -0.1) is 0 Å². The second kappa shape index (κ2) is 39.1. The van der Waals surface area contributed by atoms with Crippen molar-refractivity contribution in [2.45, 2.75) is 43.9 Å². The molecule has 550 valence electrons. The van der Waals surface area contributed by atoms with Crippen molar-refractivity contribution in [1.82, 2.24) is 59.8 Å². The molecule has 7 aromatic rings. The van der Waals surface area contributed by atoms with Gasteiger partial charge in [-0.05, 0) is 88.7 Å². The van der Waals surface area contributed by atoms with Gasteiger partial charge in [-0.3, -0.25) is 12.5 Å². The summed E-state index contributed by atoms with van der Waals surface area (Å²) in [6.45, 7) is 8.34. The largest absolute Gasteiger partial charge is 0.399 e. The van der Waals surface area contributed by atoms with E-state index < -0.39 is 132 Å². The molecule has 4 aromatic heterocycles. The Bertz CT molecular complexity index is 4610. The number of ether oxygens (including phenoxy) is 1. The molecule has 4 heterocycles. The number of hydrogen-bond acceptors (Lipinski definition) is 37. The molecule has 0 bridgehead atoms. The van der Waals surface area contributed by atoms with Crippen LogP contribution in [0.5, 0.6) is 0 Å². The van der Waals surface area contributed by atoms with Gasteiger partial charge in [0.15, 0.2) is 39.3 Å². The minimum atomic E-state index is -4.22. The molecule has 0 atom stereocenters. The highest BCUT2D eigenvalue weighted by atomic mass is 32.3. The number of halogens is 4. The highest BCUT2D eigenvalue weighted by Gasteiger charge is 2.22. The van der Waals surface area contributed by atoms with Gasteiger partial charge in [0.1, 0.15) is 23.3 Å². The van der Waals surface area contributed by atoms with E-state index in [0.717, 1.165) is 26.7 Å². The van der Waals surface area contributed by atoms with Gasteiger partial charge in [0.25, 0.3) is 0 Å². The molecule has 48 heteroatoms. The molecule has 3 N–H and O–H groups in total. The number of rotatable bonds is 35. The zero-order chi connectivity index (χ0) is 74.5. The highest BCUT2D eigenvalue weighted by molar-refractivity contribution is 7.94. The smallest absolute Gasteiger partial charge is 0.379 e. The number of aromatic nitrogens is 12. The van der Waals surface area contributed by atoms with Crippen LogP contribution in [0.2, 0.25) is 0 Å². The first kappa shape index (κ1) is 84.1. The summed E-state index contributed by atoms with van der Waals surface area (Å²) in [6, 6.07) is 19.9. The van der Waals surface area contributed by atoms with Gasteiger partial charge >= 0.3 is 55.5 Å². The maximum atomic E-state index is 13.6. The first-order valence-corrected chi connectivity index (χ1v) is 38.9. The Morgan fingerprint density at radius 1 is 0.450 bits per heavy atom. The van der Waals surface area contributed by atoms with Crippen molar-refractivity contribution in [1.29, 1.82) is 0 Å². The monoisotopic (exact) mass is 1550 g/mol. The summed E-state index contributed by atoms with van der Waals surface area (Å²) in [5.41, 5.74) is 1.37. The molecule has 0 fully saturated rings. The molecule has 0 aliphatic rings. The van der Waals surface area contributed by atoms with Crippen molar-refractivity contribution >= 4 is 111 Å². The number of anilines is 7. The van der Waals surface area contributed by atoms with E-state index in [0.29, 0.717) is 23.6 Å². The number of aryl methyl sites for hydroxylation is 4. The Balaban J connectivity index is 0.000000286. The normalized spacial score (nSPS) is 11.9. The van der Waals surface area contributed by atoms with Crippen molar-refractivity contribution < 1.29 is 106 Å². The van der Waals surface area contributed by atoms with Crippen LogP contribution in [-0.2, 0) is 100 Å². The van der Waals surface area contributed by atoms with E-state index in [9.17, 15) is 76.5 Å². The number of nitrogens with zero attached hydrogens (tertiary/aromatic N) is 13. The number of sulfone groups is 4. The fourth-order valence-corrected chi connectivity index (χ4v) is 12.4. The van der Waals surface area contributed by atoms with Crippen LogP contribution in [0.15, 0.2) is 101 Å². The summed E-state index contributed by atoms with van der Waals surface area (Å²) in [6.07, 6.45) is -3.53. The predicted molar refractivity (Wildman–Crippen MR) is 347 cm³/mol. The van der Waals surface area contributed by atoms with Gasteiger partial charge in [0.2, 0.25) is 23.8 Å². The van der Waals surface area contributed by atoms with Crippen LogP contribution in [0.4, 0.5) is 58.4 Å². The molecule has 0 saturated carbocycles. The van der Waals surface area contributed by atoms with Crippen molar-refractivity contribution in [2.75, 3.05) is 117 Å². The van der Waals surface area contributed by atoms with Crippen LogP contribution < -0.4 is 20.9 Å². The maximum absolute atomic E-state index is 13.6. The van der Waals surface area contributed by atoms with E-state index in [2.05, 4.69) is 107 Å². The first-order chi connectivity index (χ1) is 46.8. The average Bonchev–Trinajstić information content (AvgIpc) is 0.841. The fourth-order valence-electron chi connectivity index (χ4n) is 7.09. The Morgan fingerprint density at radius 3 is 1.38 bits per heavy atom. The molecule has 37 nitrogen and oxygen atoms in total. The third kappa shape index (κ3) is 31.9. The van der Waals surface area contributed by atoms with E-state index >= 15 is 0 Å². The Labute approximate surface area is 573 Å². The number of benzene rings is 3. The number of para-hydroxylation sites is 1. The summed E-state index contributed by atoms with van der Waals surface area (Å²) in [5.74, 6) is -1.10. The molecule has 0 spiro atoms. The van der Waals surface area contributed by atoms with E-state index in [1.807, 2.05) is 0 Å². The molecule has 0 radical (unpaired) electrons. The quantitative estimate of drug-likeness (QED) is 0.0380. The molecule has 0 aliphatic carbocycles. The van der Waals surface area contributed by atoms with Gasteiger partial charge in [0, 0.05) is 35.6 Å². The number of nitrogens with one attached hydrogen (secondary N) is 3. The topological polar surface area (TPSA) is 498 Å². The van der Waals surface area contributed by atoms with Gasteiger partial charge in [0.05, 0.1) is 92.9 Å². The lowest BCUT2D eigenvalue weighted by molar-refractivity contribution is 0.159. The lowest BCUT2D eigenvalue weighted by atomic mass is 10.3. The predicted octanol–water partition coefficient (Wildman–Crippen LogP) is 2.96. The van der Waals surface area contributed by atoms with Crippen molar-refractivity contribution in [3.8, 4) is 0 Å². The standard InChI is InChI=1S/C16H21FN4O6S2.2C13H15FN4O6S2.C10H15FN4O3S/c1-13-18-15(17)20-16(19-13)21(14-7-4-3-5-8-14)9-6-11-28(22,23)12-10-27-29(24,25)26-2;1-9-15-12(14)18-13(16-9)17-10-3-5-11(6-4-10)25(19,20)8-7-24-26(21,22)23-2;1-9-15-12(14)18-13(16-9)17-10-4-3-5-11(8-10)25(19,20)7-6-24-26(21,22)23-2;1-3-19(16,17)7-6-18-5-4-12-10-14-8(2)13-9(11)15-10/h3-5,7-8H,6,9-12H2,1-2H3;3-6H,7-8H2,1-2H3,(H,15,16,17,18);3-5,8H,6-7H2,1-2H3,(H,15,16,17,18);3H,1,4-7H2,2H3,(H,12,13,14,15). The SMILES string of the molecule is C=CS(=O)(=O)CCOCCNc1nc(C)nc(F)n1.COS(=O)(=O)OCCS(=O)(=O)CCCN(c1ccccc1)c1nc(C)nc(F)n1.COS(=O)(=O)OCCS(=O)(=O)c1ccc(Nc2nc(C)nc(F)n2)cc1.COS(=O)(=O)OCCS(=O)(=O)c1cccc(Nc2nc(C)nc(F)n2)c1. The average molecular weight is 1550 g/mol. The maximum Gasteiger partial charge on any atom is 0.399 e. The molecule has 100 heavy (non-hydrogen) atoms. The van der Waals surface area contributed by atoms with Crippen LogP contribution in [0.3, 0.4) is 0 Å². The third-order valence-electron chi connectivity index (χ3n) is 11.6. The Kier molecular flexibility index (Phi) is 32.9. The molecule has 0 unspecified atom stereocenters. The molecule has 3 aromatic carbocycles. The second-order valence-corrected chi connectivity index (χ2v) is 31.8. The van der Waals surface area contributed by atoms with Gasteiger partial charge < -0.3 is 25.6 Å². The van der Waals surface area contributed by atoms with Gasteiger partial charge in [-0.25, -0.2) is 46.2 Å². The fraction of sp³-hybridized carbons (Fsp3) is 0.385. The Morgan fingerprint density at radius 2 is 0.900 bits per heavy atom. The summed E-state index contributed by atoms with van der Waals surface area (Å²) in [7, 11) is -24.3. The first-order valence-electron chi connectivity index (χ1n) is 28.0. The summed E-state index contributed by atoms with van der Waals surface area (Å²) in [5, 5.41) is 9.03. The third-order valence-corrected chi connectivity index (χ3v) is 20.5. The van der Waals surface area contributed by atoms with Crippen LogP contribution in [0.1, 0.15) is 29.7 Å². The van der Waals surface area contributed by atoms with Gasteiger partial charge in [-0.1, -0.05) is 30.8 Å². The molecule has 0 saturated heterocycles. The molecular weight excluding hydrogens is 1490 g/mol. The molecule has 0 amide bonds. The minimum absolute atomic E-state index is 0.0243. The van der Waals surface area contributed by atoms with Crippen molar-refractivity contribution in [3.63, 3.8) is 0 Å². The zero-order valence-electron chi connectivity index (χ0n) is 53.7. The van der Waals surface area contributed by atoms with Crippen LogP contribution in [0, 0.1) is 52.0 Å². The minimum Gasteiger partial charge on any atom is -0.379 e. The van der Waals surface area contributed by atoms with Crippen molar-refractivity contribution in [2.24, 2.45) is 0 Å². The lowest BCUT2D eigenvalue weighted by Gasteiger charge is -2.22. The Hall–Kier alpha value is -8.27. The molecular formula is C52H66F4N16O21S7. The van der Waals surface area contributed by atoms with Crippen molar-refractivity contribution in [3.05, 3.63) is 138 Å². The second-order valence-electron chi connectivity index (χ2n) is 19.1. The summed E-state index contributed by atoms with van der Waals surface area (Å²) in [4.78, 5) is 45.0.